The highest BCUT2D eigenvalue weighted by Crippen LogP contribution is 2.22. The highest BCUT2D eigenvalue weighted by Gasteiger charge is 2.28. The van der Waals surface area contributed by atoms with Crippen molar-refractivity contribution < 1.29 is 14.3 Å². The van der Waals surface area contributed by atoms with Gasteiger partial charge < -0.3 is 4.74 Å². The lowest BCUT2D eigenvalue weighted by molar-refractivity contribution is -0.138. The maximum absolute atomic E-state index is 11.8. The van der Waals surface area contributed by atoms with E-state index in [1.807, 2.05) is 30.3 Å². The first kappa shape index (κ1) is 17.6. The summed E-state index contributed by atoms with van der Waals surface area (Å²) in [6.07, 6.45) is 0.687. The Labute approximate surface area is 151 Å². The zero-order valence-electron chi connectivity index (χ0n) is 14.3. The number of thiophene rings is 1. The van der Waals surface area contributed by atoms with Crippen LogP contribution in [0.1, 0.15) is 23.3 Å². The second kappa shape index (κ2) is 8.27. The highest BCUT2D eigenvalue weighted by atomic mass is 32.1. The quantitative estimate of drug-likeness (QED) is 0.681. The van der Waals surface area contributed by atoms with Crippen LogP contribution >= 0.6 is 11.3 Å². The molecule has 0 aliphatic carbocycles. The molecule has 132 valence electrons. The van der Waals surface area contributed by atoms with Gasteiger partial charge in [-0.3, -0.25) is 19.4 Å². The molecule has 0 radical (unpaired) electrons. The molecule has 0 bridgehead atoms. The zero-order valence-corrected chi connectivity index (χ0v) is 15.1. The van der Waals surface area contributed by atoms with E-state index in [0.717, 1.165) is 17.9 Å². The molecule has 25 heavy (non-hydrogen) atoms. The minimum Gasteiger partial charge on any atom is -0.496 e. The summed E-state index contributed by atoms with van der Waals surface area (Å²) >= 11 is 1.71. The van der Waals surface area contributed by atoms with Gasteiger partial charge in [0.2, 0.25) is 11.8 Å². The van der Waals surface area contributed by atoms with E-state index in [-0.39, 0.29) is 11.8 Å². The van der Waals surface area contributed by atoms with Gasteiger partial charge in [0.1, 0.15) is 5.75 Å². The normalized spacial score (nSPS) is 14.6. The molecule has 1 aromatic carbocycles. The molecule has 1 fully saturated rings. The first-order valence-corrected chi connectivity index (χ1v) is 9.25. The van der Waals surface area contributed by atoms with Gasteiger partial charge in [-0.25, -0.2) is 0 Å². The maximum Gasteiger partial charge on any atom is 0.229 e. The summed E-state index contributed by atoms with van der Waals surface area (Å²) in [5, 5.41) is 2.06. The van der Waals surface area contributed by atoms with E-state index in [2.05, 4.69) is 16.3 Å². The number of carbonyl (C=O) groups is 2. The Morgan fingerprint density at radius 3 is 2.52 bits per heavy atom. The van der Waals surface area contributed by atoms with Crippen LogP contribution in [0.15, 0.2) is 41.8 Å². The average Bonchev–Trinajstić information content (AvgIpc) is 3.24. The fourth-order valence-corrected chi connectivity index (χ4v) is 3.77. The largest absolute Gasteiger partial charge is 0.496 e. The zero-order chi connectivity index (χ0) is 17.6. The number of hydrogen-bond acceptors (Lipinski definition) is 5. The van der Waals surface area contributed by atoms with Gasteiger partial charge in [0.25, 0.3) is 0 Å². The predicted octanol–water partition coefficient (Wildman–Crippen LogP) is 2.91. The number of rotatable bonds is 8. The number of hydrogen-bond donors (Lipinski definition) is 0. The molecular formula is C19H22N2O3S. The van der Waals surface area contributed by atoms with E-state index in [1.165, 1.54) is 9.78 Å². The van der Waals surface area contributed by atoms with Gasteiger partial charge >= 0.3 is 0 Å². The summed E-state index contributed by atoms with van der Waals surface area (Å²) in [6.45, 7) is 2.58. The number of carbonyl (C=O) groups excluding carboxylic acids is 2. The molecule has 0 unspecified atom stereocenters. The third kappa shape index (κ3) is 4.46. The number of methoxy groups -OCH3 is 1. The fraction of sp³-hybridized carbons (Fsp3) is 0.368. The Morgan fingerprint density at radius 1 is 1.08 bits per heavy atom. The molecule has 0 N–H and O–H groups in total. The Morgan fingerprint density at radius 2 is 1.84 bits per heavy atom. The monoisotopic (exact) mass is 358 g/mol. The summed E-state index contributed by atoms with van der Waals surface area (Å²) in [7, 11) is 1.67. The van der Waals surface area contributed by atoms with Crippen molar-refractivity contribution in [3.8, 4) is 5.75 Å². The number of nitrogens with zero attached hydrogens (tertiary/aromatic N) is 2. The second-order valence-electron chi connectivity index (χ2n) is 6.04. The molecule has 1 aliphatic rings. The first-order chi connectivity index (χ1) is 12.2. The minimum atomic E-state index is -0.0571. The van der Waals surface area contributed by atoms with Crippen LogP contribution in [0.4, 0.5) is 0 Å². The van der Waals surface area contributed by atoms with Crippen LogP contribution < -0.4 is 4.74 Å². The van der Waals surface area contributed by atoms with Gasteiger partial charge in [0, 0.05) is 49.5 Å². The molecule has 0 saturated carbocycles. The number of likely N-dealkylation sites (tertiary alicyclic amines) is 1. The smallest absolute Gasteiger partial charge is 0.229 e. The Kier molecular flexibility index (Phi) is 5.83. The molecule has 0 spiro atoms. The summed E-state index contributed by atoms with van der Waals surface area (Å²) in [6, 6.07) is 12.1. The van der Waals surface area contributed by atoms with Crippen molar-refractivity contribution in [3.63, 3.8) is 0 Å². The Bertz CT molecular complexity index is 714. The molecule has 1 aliphatic heterocycles. The number of benzene rings is 1. The average molecular weight is 358 g/mol. The van der Waals surface area contributed by atoms with Crippen LogP contribution in [-0.4, -0.2) is 41.8 Å². The van der Waals surface area contributed by atoms with Crippen molar-refractivity contribution in [2.24, 2.45) is 0 Å². The summed E-state index contributed by atoms with van der Waals surface area (Å²) in [4.78, 5) is 28.6. The van der Waals surface area contributed by atoms with E-state index >= 15 is 0 Å². The molecule has 6 heteroatoms. The van der Waals surface area contributed by atoms with Gasteiger partial charge in [-0.05, 0) is 17.5 Å². The Hall–Kier alpha value is -2.18. The van der Waals surface area contributed by atoms with Crippen molar-refractivity contribution in [3.05, 3.63) is 52.2 Å². The number of para-hydroxylation sites is 1. The molecular weight excluding hydrogens is 336 g/mol. The molecule has 2 heterocycles. The summed E-state index contributed by atoms with van der Waals surface area (Å²) in [5.74, 6) is 0.740. The first-order valence-electron chi connectivity index (χ1n) is 8.37. The molecule has 5 nitrogen and oxygen atoms in total. The SMILES string of the molecule is COc1ccccc1CN(CCN1C(=O)CCC1=O)Cc1cccs1. The number of imide groups is 1. The second-order valence-corrected chi connectivity index (χ2v) is 7.07. The molecule has 3 rings (SSSR count). The van der Waals surface area contributed by atoms with Crippen molar-refractivity contribution in [2.45, 2.75) is 25.9 Å². The maximum atomic E-state index is 11.8. The molecule has 2 aromatic rings. The van der Waals surface area contributed by atoms with Crippen LogP contribution in [-0.2, 0) is 22.7 Å². The number of amides is 2. The molecule has 2 amide bonds. The van der Waals surface area contributed by atoms with Gasteiger partial charge in [-0.2, -0.15) is 0 Å². The van der Waals surface area contributed by atoms with Crippen molar-refractivity contribution in [1.29, 1.82) is 0 Å². The topological polar surface area (TPSA) is 49.9 Å². The van der Waals surface area contributed by atoms with Gasteiger partial charge in [-0.15, -0.1) is 11.3 Å². The number of ether oxygens (including phenoxy) is 1. The van der Waals surface area contributed by atoms with E-state index in [0.29, 0.717) is 32.5 Å². The van der Waals surface area contributed by atoms with Crippen LogP contribution in [0.3, 0.4) is 0 Å². The summed E-state index contributed by atoms with van der Waals surface area (Å²) < 4.78 is 5.45. The lowest BCUT2D eigenvalue weighted by atomic mass is 10.2. The summed E-state index contributed by atoms with van der Waals surface area (Å²) in [5.41, 5.74) is 1.10. The van der Waals surface area contributed by atoms with E-state index in [1.54, 1.807) is 18.4 Å². The van der Waals surface area contributed by atoms with E-state index < -0.39 is 0 Å². The molecule has 0 atom stereocenters. The molecule has 1 saturated heterocycles. The van der Waals surface area contributed by atoms with Crippen LogP contribution in [0.2, 0.25) is 0 Å². The Balaban J connectivity index is 1.70. The van der Waals surface area contributed by atoms with Gasteiger partial charge in [-0.1, -0.05) is 24.3 Å². The van der Waals surface area contributed by atoms with Crippen molar-refractivity contribution >= 4 is 23.2 Å². The minimum absolute atomic E-state index is 0.0571. The van der Waals surface area contributed by atoms with Crippen molar-refractivity contribution in [2.75, 3.05) is 20.2 Å². The molecule has 1 aromatic heterocycles. The van der Waals surface area contributed by atoms with Crippen molar-refractivity contribution in [1.82, 2.24) is 9.80 Å². The highest BCUT2D eigenvalue weighted by molar-refractivity contribution is 7.09. The van der Waals surface area contributed by atoms with Gasteiger partial charge in [0.05, 0.1) is 7.11 Å². The van der Waals surface area contributed by atoms with Gasteiger partial charge in [0.15, 0.2) is 0 Å². The van der Waals surface area contributed by atoms with Crippen LogP contribution in [0.25, 0.3) is 0 Å². The van der Waals surface area contributed by atoms with Crippen LogP contribution in [0.5, 0.6) is 5.75 Å². The lowest BCUT2D eigenvalue weighted by Gasteiger charge is -2.25. The standard InChI is InChI=1S/C19H22N2O3S/c1-24-17-7-3-2-5-15(17)13-20(14-16-6-4-12-25-16)10-11-21-18(22)8-9-19(21)23/h2-7,12H,8-11,13-14H2,1H3. The lowest BCUT2D eigenvalue weighted by Crippen LogP contribution is -2.37. The predicted molar refractivity (Wildman–Crippen MR) is 97.4 cm³/mol. The fourth-order valence-electron chi connectivity index (χ4n) is 3.03. The van der Waals surface area contributed by atoms with E-state index in [9.17, 15) is 9.59 Å². The van der Waals surface area contributed by atoms with E-state index in [4.69, 9.17) is 4.74 Å². The van der Waals surface area contributed by atoms with Crippen LogP contribution in [0, 0.1) is 0 Å². The third-order valence-corrected chi connectivity index (χ3v) is 5.20. The third-order valence-electron chi connectivity index (χ3n) is 4.34.